The van der Waals surface area contributed by atoms with Crippen molar-refractivity contribution in [1.82, 2.24) is 15.5 Å². The highest BCUT2D eigenvalue weighted by atomic mass is 127. The molecule has 0 aliphatic carbocycles. The lowest BCUT2D eigenvalue weighted by Crippen LogP contribution is -2.42. The number of benzene rings is 2. The number of hydrogen-bond donors (Lipinski definition) is 2. The Bertz CT molecular complexity index is 715. The maximum absolute atomic E-state index is 5.31. The van der Waals surface area contributed by atoms with Crippen LogP contribution in [0.5, 0.6) is 5.75 Å². The molecule has 1 heterocycles. The molecule has 152 valence electrons. The van der Waals surface area contributed by atoms with Gasteiger partial charge in [0.15, 0.2) is 5.96 Å². The molecule has 1 atom stereocenters. The number of likely N-dealkylation sites (tertiary alicyclic amines) is 1. The molecule has 0 spiro atoms. The number of aliphatic imine (C=N–C) groups is 1. The van der Waals surface area contributed by atoms with E-state index in [9.17, 15) is 0 Å². The molecule has 0 saturated carbocycles. The third-order valence-corrected chi connectivity index (χ3v) is 5.07. The van der Waals surface area contributed by atoms with E-state index in [4.69, 9.17) is 4.74 Å². The van der Waals surface area contributed by atoms with Gasteiger partial charge in [0.05, 0.1) is 13.2 Å². The van der Waals surface area contributed by atoms with Gasteiger partial charge >= 0.3 is 0 Å². The smallest absolute Gasteiger partial charge is 0.191 e. The third kappa shape index (κ3) is 6.38. The van der Waals surface area contributed by atoms with Crippen molar-refractivity contribution in [3.8, 4) is 5.75 Å². The first-order valence-electron chi connectivity index (χ1n) is 9.66. The van der Waals surface area contributed by atoms with E-state index in [-0.39, 0.29) is 24.0 Å². The molecule has 0 bridgehead atoms. The number of nitrogens with zero attached hydrogens (tertiary/aromatic N) is 2. The molecular formula is C22H31IN4O. The summed E-state index contributed by atoms with van der Waals surface area (Å²) in [7, 11) is 3.52. The van der Waals surface area contributed by atoms with E-state index >= 15 is 0 Å². The summed E-state index contributed by atoms with van der Waals surface area (Å²) < 4.78 is 5.31. The minimum atomic E-state index is 0. The first-order valence-corrected chi connectivity index (χ1v) is 9.66. The highest BCUT2D eigenvalue weighted by Gasteiger charge is 2.23. The lowest BCUT2D eigenvalue weighted by Gasteiger charge is -2.29. The average Bonchev–Trinajstić information content (AvgIpc) is 3.26. The maximum atomic E-state index is 5.31. The second-order valence-electron chi connectivity index (χ2n) is 6.82. The number of nitrogens with one attached hydrogen (secondary N) is 2. The molecule has 5 nitrogen and oxygen atoms in total. The Labute approximate surface area is 185 Å². The van der Waals surface area contributed by atoms with E-state index < -0.39 is 0 Å². The summed E-state index contributed by atoms with van der Waals surface area (Å²) in [5.74, 6) is 1.73. The molecule has 1 aliphatic rings. The monoisotopic (exact) mass is 494 g/mol. The number of guanidine groups is 1. The van der Waals surface area contributed by atoms with Crippen LogP contribution in [0.2, 0.25) is 0 Å². The number of hydrogen-bond acceptors (Lipinski definition) is 3. The number of rotatable bonds is 7. The maximum Gasteiger partial charge on any atom is 0.191 e. The van der Waals surface area contributed by atoms with Crippen LogP contribution >= 0.6 is 24.0 Å². The second-order valence-corrected chi connectivity index (χ2v) is 6.82. The van der Waals surface area contributed by atoms with Crippen LogP contribution < -0.4 is 15.4 Å². The van der Waals surface area contributed by atoms with Crippen LogP contribution in [0.4, 0.5) is 0 Å². The summed E-state index contributed by atoms with van der Waals surface area (Å²) in [5.41, 5.74) is 2.55. The topological polar surface area (TPSA) is 48.9 Å². The first-order chi connectivity index (χ1) is 13.3. The summed E-state index contributed by atoms with van der Waals surface area (Å²) in [6, 6.07) is 19.1. The summed E-state index contributed by atoms with van der Waals surface area (Å²) in [5, 5.41) is 6.91. The van der Waals surface area contributed by atoms with Crippen LogP contribution in [0.1, 0.15) is 30.0 Å². The molecule has 2 aromatic rings. The average molecular weight is 494 g/mol. The van der Waals surface area contributed by atoms with Crippen molar-refractivity contribution in [1.29, 1.82) is 0 Å². The lowest BCUT2D eigenvalue weighted by molar-refractivity contribution is 0.245. The van der Waals surface area contributed by atoms with Gasteiger partial charge in [0, 0.05) is 20.1 Å². The van der Waals surface area contributed by atoms with E-state index in [1.807, 2.05) is 25.2 Å². The van der Waals surface area contributed by atoms with Gasteiger partial charge in [-0.1, -0.05) is 42.5 Å². The summed E-state index contributed by atoms with van der Waals surface area (Å²) in [4.78, 5) is 6.93. The minimum absolute atomic E-state index is 0. The highest BCUT2D eigenvalue weighted by molar-refractivity contribution is 14.0. The van der Waals surface area contributed by atoms with Gasteiger partial charge in [-0.3, -0.25) is 9.89 Å². The van der Waals surface area contributed by atoms with Crippen LogP contribution in [-0.4, -0.2) is 44.7 Å². The predicted molar refractivity (Wildman–Crippen MR) is 127 cm³/mol. The largest absolute Gasteiger partial charge is 0.497 e. The van der Waals surface area contributed by atoms with Crippen molar-refractivity contribution < 1.29 is 4.74 Å². The van der Waals surface area contributed by atoms with Gasteiger partial charge in [-0.05, 0) is 49.2 Å². The van der Waals surface area contributed by atoms with Crippen molar-refractivity contribution in [2.24, 2.45) is 4.99 Å². The van der Waals surface area contributed by atoms with Crippen LogP contribution in [-0.2, 0) is 6.54 Å². The Morgan fingerprint density at radius 1 is 1.04 bits per heavy atom. The van der Waals surface area contributed by atoms with Crippen molar-refractivity contribution in [2.45, 2.75) is 25.4 Å². The van der Waals surface area contributed by atoms with E-state index in [1.165, 1.54) is 24.0 Å². The van der Waals surface area contributed by atoms with Gasteiger partial charge in [-0.15, -0.1) is 24.0 Å². The van der Waals surface area contributed by atoms with E-state index in [1.54, 1.807) is 7.11 Å². The molecule has 0 amide bonds. The standard InChI is InChI=1S/C22H30N4O.HI/c1-23-22(24-16-18-8-4-3-5-9-18)25-17-21(26-14-6-7-15-26)19-10-12-20(27-2)13-11-19;/h3-5,8-13,21H,6-7,14-17H2,1-2H3,(H2,23,24,25);1H. The number of halogens is 1. The Hall–Kier alpha value is -1.80. The zero-order chi connectivity index (χ0) is 18.9. The second kappa shape index (κ2) is 11.9. The fraction of sp³-hybridized carbons (Fsp3) is 0.409. The third-order valence-electron chi connectivity index (χ3n) is 5.07. The lowest BCUT2D eigenvalue weighted by atomic mass is 10.1. The quantitative estimate of drug-likeness (QED) is 0.349. The molecule has 0 aromatic heterocycles. The number of ether oxygens (including phenoxy) is 1. The Balaban J connectivity index is 0.00000280. The molecule has 1 saturated heterocycles. The highest BCUT2D eigenvalue weighted by Crippen LogP contribution is 2.26. The van der Waals surface area contributed by atoms with Crippen LogP contribution in [0.25, 0.3) is 0 Å². The molecule has 0 radical (unpaired) electrons. The van der Waals surface area contributed by atoms with E-state index in [0.29, 0.717) is 6.04 Å². The van der Waals surface area contributed by atoms with Crippen LogP contribution in [0, 0.1) is 0 Å². The van der Waals surface area contributed by atoms with E-state index in [2.05, 4.69) is 56.9 Å². The predicted octanol–water partition coefficient (Wildman–Crippen LogP) is 3.82. The van der Waals surface area contributed by atoms with Crippen molar-refractivity contribution >= 4 is 29.9 Å². The van der Waals surface area contributed by atoms with Gasteiger partial charge < -0.3 is 15.4 Å². The Morgan fingerprint density at radius 3 is 2.32 bits per heavy atom. The van der Waals surface area contributed by atoms with Gasteiger partial charge in [0.2, 0.25) is 0 Å². The van der Waals surface area contributed by atoms with Crippen LogP contribution in [0.15, 0.2) is 59.6 Å². The molecule has 3 rings (SSSR count). The van der Waals surface area contributed by atoms with Crippen molar-refractivity contribution in [3.63, 3.8) is 0 Å². The molecule has 1 aliphatic heterocycles. The fourth-order valence-electron chi connectivity index (χ4n) is 3.53. The van der Waals surface area contributed by atoms with Crippen LogP contribution in [0.3, 0.4) is 0 Å². The fourth-order valence-corrected chi connectivity index (χ4v) is 3.53. The summed E-state index contributed by atoms with van der Waals surface area (Å²) in [6.45, 7) is 3.88. The summed E-state index contributed by atoms with van der Waals surface area (Å²) in [6.07, 6.45) is 2.54. The van der Waals surface area contributed by atoms with Gasteiger partial charge in [-0.2, -0.15) is 0 Å². The van der Waals surface area contributed by atoms with Crippen molar-refractivity contribution in [2.75, 3.05) is 33.8 Å². The molecule has 6 heteroatoms. The van der Waals surface area contributed by atoms with Crippen molar-refractivity contribution in [3.05, 3.63) is 65.7 Å². The van der Waals surface area contributed by atoms with Gasteiger partial charge in [-0.25, -0.2) is 0 Å². The van der Waals surface area contributed by atoms with E-state index in [0.717, 1.165) is 37.9 Å². The zero-order valence-corrected chi connectivity index (χ0v) is 19.1. The summed E-state index contributed by atoms with van der Waals surface area (Å²) >= 11 is 0. The van der Waals surface area contributed by atoms with Gasteiger partial charge in [0.1, 0.15) is 5.75 Å². The number of methoxy groups -OCH3 is 1. The molecule has 28 heavy (non-hydrogen) atoms. The molecule has 1 fully saturated rings. The first kappa shape index (κ1) is 22.5. The minimum Gasteiger partial charge on any atom is -0.497 e. The normalized spacial score (nSPS) is 15.6. The van der Waals surface area contributed by atoms with Gasteiger partial charge in [0.25, 0.3) is 0 Å². The Kier molecular flexibility index (Phi) is 9.57. The Morgan fingerprint density at radius 2 is 1.71 bits per heavy atom. The molecular weight excluding hydrogens is 463 g/mol. The molecule has 2 N–H and O–H groups in total. The molecule has 1 unspecified atom stereocenters. The zero-order valence-electron chi connectivity index (χ0n) is 16.7. The SMILES string of the molecule is CN=C(NCc1ccccc1)NCC(c1ccc(OC)cc1)N1CCCC1.I. The molecule has 2 aromatic carbocycles.